The van der Waals surface area contributed by atoms with Crippen molar-refractivity contribution in [3.05, 3.63) is 238 Å². The van der Waals surface area contributed by atoms with Crippen molar-refractivity contribution in [2.24, 2.45) is 0 Å². The minimum absolute atomic E-state index is 0.0354. The molecule has 4 saturated heterocycles. The number of nitrogens with two attached hydrogens (primary N) is 1. The Labute approximate surface area is 812 Å². The van der Waals surface area contributed by atoms with Crippen LogP contribution in [0.3, 0.4) is 0 Å². The summed E-state index contributed by atoms with van der Waals surface area (Å²) in [4.78, 5) is 183. The number of carbonyl (C=O) groups is 12. The van der Waals surface area contributed by atoms with Crippen molar-refractivity contribution in [1.82, 2.24) is 76.0 Å². The van der Waals surface area contributed by atoms with Gasteiger partial charge in [0.1, 0.15) is 78.3 Å². The molecule has 18 heterocycles. The molecular weight excluding hydrogens is 1970 g/mol. The van der Waals surface area contributed by atoms with Gasteiger partial charge in [0.2, 0.25) is 53.1 Å². The molecule has 8 aliphatic heterocycles. The van der Waals surface area contributed by atoms with Crippen LogP contribution < -0.4 is 50.7 Å². The third-order valence-electron chi connectivity index (χ3n) is 26.2. The number of nitrogens with zero attached hydrogens (tertiary/aromatic N) is 11. The number of pyridine rings is 5. The van der Waals surface area contributed by atoms with E-state index in [4.69, 9.17) is 51.5 Å². The summed E-state index contributed by atoms with van der Waals surface area (Å²) in [5.41, 5.74) is 9.99. The number of furan rings is 4. The highest BCUT2D eigenvalue weighted by Crippen LogP contribution is 2.48. The molecular formula is C98H81Br2F3N16O22. The van der Waals surface area contributed by atoms with Gasteiger partial charge in [-0.3, -0.25) is 78.8 Å². The third-order valence-corrected chi connectivity index (χ3v) is 27.8. The number of halogens is 5. The molecule has 0 unspecified atom stereocenters. The van der Waals surface area contributed by atoms with Crippen molar-refractivity contribution in [2.45, 2.75) is 114 Å². The Bertz CT molecular complexity index is 7690. The number of aryl methyl sites for hydroxylation is 4. The summed E-state index contributed by atoms with van der Waals surface area (Å²) >= 11 is 6.84. The standard InChI is InChI=1S/C27H22FN5O5.C26H22FN5O6.C23H20BrN3O6.C22H17BrFN3O5/c1-13-16(14-4-6-21(29)30-10-14)7-19-17(31-13)8-20(38-19)27(9-22(34)32-26(27)36)12-33-11-15-3-5-18(37-2)24(28)23(15)25(33)35;1-3-4-20-30-31-23(38-20)14-6-8-16-15(28-14)9-18(37-16)26(10-19(33)29-25(26)35)12-32-11-13-5-7-17(36-2)22(27)21(13)24(32)34;1-11-13(24)6-16-14(25-11)7-17(33-16)23(8-18(28)26-22(23)30)10-27-9-12-4-5-15(31-2)20(32-3)19(12)21(27)29;1-10-12(23)5-15-13(25-10)6-16(32-15)22(7-17(28)26-21(22)30)9-27-8-11-3-4-14(31-2)19(24)18(11)20(27)29/h3-8,10H,9,11-12H2,1-2H3,(H2,29,30)(H,32,34,36);5-9H,3-4,10-12H2,1-2H3,(H,29,33,35);4-7H,8-10H2,1-3H3,(H,26,28,30);3-6H,7-9H2,1-2H3,(H,26,28,30)/t27-;26-;23-;22-/m1111/s1. The zero-order valence-electron chi connectivity index (χ0n) is 76.3. The summed E-state index contributed by atoms with van der Waals surface area (Å²) in [5, 5.41) is 17.4. The Hall–Kier alpha value is -16.1. The number of nitrogens with one attached hydrogen (secondary N) is 4. The van der Waals surface area contributed by atoms with Gasteiger partial charge >= 0.3 is 0 Å². The number of ether oxygens (including phenoxy) is 5. The van der Waals surface area contributed by atoms with Crippen molar-refractivity contribution < 1.29 is 116 Å². The molecule has 4 fully saturated rings. The van der Waals surface area contributed by atoms with Crippen LogP contribution in [0.1, 0.15) is 149 Å². The molecule has 38 nitrogen and oxygen atoms in total. The fraction of sp³-hybridized carbons (Fsp3) is 0.276. The number of hydrogen-bond donors (Lipinski definition) is 5. The first-order valence-electron chi connectivity index (χ1n) is 43.9. The van der Waals surface area contributed by atoms with E-state index in [0.29, 0.717) is 113 Å². The fourth-order valence-electron chi connectivity index (χ4n) is 19.1. The Morgan fingerprint density at radius 3 is 1.11 bits per heavy atom. The molecule has 22 rings (SSSR count). The number of aromatic nitrogens is 7. The van der Waals surface area contributed by atoms with Crippen molar-refractivity contribution >= 4 is 153 Å². The maximum absolute atomic E-state index is 14.9. The van der Waals surface area contributed by atoms with E-state index in [1.54, 1.807) is 97.2 Å². The molecule has 0 saturated carbocycles. The SMILES string of the molecule is CCCc1nnc(-c2ccc3oc([C@]4(CN5Cc6ccc(OC)c(F)c6C5=O)CC(=O)NC4=O)cc3n2)o1.COc1ccc2c(c1F)C(=O)N(C[C@@]1(c3cc4nc(C)c(-c5ccc(N)nc5)cc4o3)CC(=O)NC1=O)C2.COc1ccc2c(c1F)C(=O)N(C[C@@]1(c3cc4nc(C)c(Br)cc4o3)CC(=O)NC1=O)C2.COc1ccc2c(c1OC)C(=O)N(C[C@@]1(c3cc4nc(C)c(Br)cc4o3)CC(=O)NC1=O)C2. The topological polar surface area (TPSA) is 494 Å². The number of fused-ring (bicyclic) bond motifs is 8. The van der Waals surface area contributed by atoms with E-state index in [2.05, 4.69) is 88.2 Å². The minimum atomic E-state index is -1.52. The predicted molar refractivity (Wildman–Crippen MR) is 496 cm³/mol. The lowest BCUT2D eigenvalue weighted by atomic mass is 9.82. The van der Waals surface area contributed by atoms with Gasteiger partial charge in [-0.15, -0.1) is 10.2 Å². The molecule has 10 aromatic heterocycles. The predicted octanol–water partition coefficient (Wildman–Crippen LogP) is 11.6. The van der Waals surface area contributed by atoms with Crippen molar-refractivity contribution in [3.63, 3.8) is 0 Å². The first-order valence-corrected chi connectivity index (χ1v) is 45.5. The second-order valence-corrected chi connectivity index (χ2v) is 36.7. The molecule has 43 heteroatoms. The average Bonchev–Trinajstić information content (AvgIpc) is 1.59. The van der Waals surface area contributed by atoms with Crippen LogP contribution in [-0.4, -0.2) is 187 Å². The van der Waals surface area contributed by atoms with E-state index in [-0.39, 0.29) is 141 Å². The highest BCUT2D eigenvalue weighted by atomic mass is 79.9. The highest BCUT2D eigenvalue weighted by Gasteiger charge is 2.59. The monoisotopic (exact) mass is 2050 g/mol. The lowest BCUT2D eigenvalue weighted by Crippen LogP contribution is -2.46. The van der Waals surface area contributed by atoms with Crippen LogP contribution in [0.25, 0.3) is 67.1 Å². The zero-order valence-corrected chi connectivity index (χ0v) is 79.5. The number of amides is 12. The lowest BCUT2D eigenvalue weighted by molar-refractivity contribution is -0.128. The number of carbonyl (C=O) groups excluding carboxylic acids is 12. The summed E-state index contributed by atoms with van der Waals surface area (Å²) in [5.74, 6) is -5.84. The summed E-state index contributed by atoms with van der Waals surface area (Å²) in [6, 6.07) is 31.3. The molecule has 0 radical (unpaired) electrons. The van der Waals surface area contributed by atoms with Gasteiger partial charge in [0.25, 0.3) is 29.5 Å². The summed E-state index contributed by atoms with van der Waals surface area (Å²) < 4.78 is 102. The van der Waals surface area contributed by atoms with Gasteiger partial charge in [-0.1, -0.05) is 31.2 Å². The Morgan fingerprint density at radius 2 is 0.759 bits per heavy atom. The van der Waals surface area contributed by atoms with Crippen LogP contribution in [0.2, 0.25) is 0 Å². The average molecular weight is 2050 g/mol. The van der Waals surface area contributed by atoms with E-state index in [1.807, 2.05) is 33.8 Å². The highest BCUT2D eigenvalue weighted by molar-refractivity contribution is 9.10. The molecule has 0 bridgehead atoms. The second kappa shape index (κ2) is 36.0. The number of anilines is 1. The van der Waals surface area contributed by atoms with E-state index < -0.39 is 104 Å². The number of methoxy groups -OCH3 is 5. The van der Waals surface area contributed by atoms with Gasteiger partial charge in [-0.25, -0.2) is 38.1 Å². The maximum atomic E-state index is 14.9. The van der Waals surface area contributed by atoms with Gasteiger partial charge in [0, 0.05) is 115 Å². The van der Waals surface area contributed by atoms with Gasteiger partial charge in [-0.2, -0.15) is 0 Å². The van der Waals surface area contributed by atoms with Gasteiger partial charge in [0.05, 0.1) is 94.9 Å². The lowest BCUT2D eigenvalue weighted by Gasteiger charge is -2.28. The second-order valence-electron chi connectivity index (χ2n) is 35.0. The molecule has 6 N–H and O–H groups in total. The maximum Gasteiger partial charge on any atom is 0.266 e. The summed E-state index contributed by atoms with van der Waals surface area (Å²) in [6.07, 6.45) is 2.33. The quantitative estimate of drug-likeness (QED) is 0.0417. The van der Waals surface area contributed by atoms with Crippen LogP contribution in [0.15, 0.2) is 152 Å². The normalized spacial score (nSPS) is 19.4. The number of nitrogen functional groups attached to an aromatic ring is 1. The molecule has 141 heavy (non-hydrogen) atoms. The van der Waals surface area contributed by atoms with E-state index >= 15 is 0 Å². The number of imide groups is 4. The van der Waals surface area contributed by atoms with Crippen LogP contribution in [0, 0.1) is 38.2 Å². The number of benzene rings is 4. The van der Waals surface area contributed by atoms with Crippen molar-refractivity contribution in [1.29, 1.82) is 0 Å². The van der Waals surface area contributed by atoms with Crippen LogP contribution >= 0.6 is 31.9 Å². The largest absolute Gasteiger partial charge is 0.494 e. The first kappa shape index (κ1) is 93.9. The molecule has 0 aliphatic carbocycles. The fourth-order valence-corrected chi connectivity index (χ4v) is 19.7. The van der Waals surface area contributed by atoms with E-state index in [0.717, 1.165) is 43.4 Å². The third kappa shape index (κ3) is 16.2. The van der Waals surface area contributed by atoms with E-state index in [1.165, 1.54) is 73.3 Å². The molecule has 14 aromatic rings. The summed E-state index contributed by atoms with van der Waals surface area (Å²) in [7, 11) is 6.93. The smallest absolute Gasteiger partial charge is 0.266 e. The first-order chi connectivity index (χ1) is 67.5. The van der Waals surface area contributed by atoms with Gasteiger partial charge in [0.15, 0.2) is 68.5 Å². The Kier molecular flexibility index (Phi) is 24.0. The van der Waals surface area contributed by atoms with Crippen molar-refractivity contribution in [3.8, 4) is 51.5 Å². The molecule has 8 aliphatic rings. The Morgan fingerprint density at radius 1 is 0.404 bits per heavy atom. The van der Waals surface area contributed by atoms with Gasteiger partial charge in [-0.05, 0) is 148 Å². The molecule has 0 spiro atoms. The van der Waals surface area contributed by atoms with Crippen LogP contribution in [0.4, 0.5) is 19.0 Å². The van der Waals surface area contributed by atoms with E-state index in [9.17, 15) is 70.7 Å². The van der Waals surface area contributed by atoms with Gasteiger partial charge < -0.3 is 71.1 Å². The summed E-state index contributed by atoms with van der Waals surface area (Å²) in [6.45, 7) is 7.43. The molecule has 4 atom stereocenters. The zero-order chi connectivity index (χ0) is 99.6. The van der Waals surface area contributed by atoms with Crippen LogP contribution in [-0.2, 0) is 92.6 Å². The molecule has 4 aromatic carbocycles. The van der Waals surface area contributed by atoms with Crippen LogP contribution in [0.5, 0.6) is 28.7 Å². The molecule has 720 valence electrons. The number of hydrogen-bond acceptors (Lipinski definition) is 30. The molecule has 12 amide bonds. The minimum Gasteiger partial charge on any atom is -0.494 e. The Balaban J connectivity index is 0.000000120. The number of rotatable bonds is 21. The van der Waals surface area contributed by atoms with Crippen molar-refractivity contribution in [2.75, 3.05) is 67.5 Å².